The highest BCUT2D eigenvalue weighted by Gasteiger charge is 2.34. The van der Waals surface area contributed by atoms with Crippen LogP contribution in [0.4, 0.5) is 4.39 Å². The highest BCUT2D eigenvalue weighted by molar-refractivity contribution is 5.78. The van der Waals surface area contributed by atoms with E-state index in [4.69, 9.17) is 9.47 Å². The van der Waals surface area contributed by atoms with Crippen LogP contribution in [-0.4, -0.2) is 50.8 Å². The Morgan fingerprint density at radius 2 is 1.83 bits per heavy atom. The number of nitrogens with zero attached hydrogens (tertiary/aromatic N) is 1. The molecular weight excluding hydrogens is 371 g/mol. The first-order chi connectivity index (χ1) is 14.1. The average Bonchev–Trinajstić information content (AvgIpc) is 2.76. The van der Waals surface area contributed by atoms with Gasteiger partial charge in [-0.3, -0.25) is 10.1 Å². The largest absolute Gasteiger partial charge is 0.494 e. The number of hydrogen-bond donors (Lipinski definition) is 1. The molecule has 2 aromatic carbocycles. The maximum absolute atomic E-state index is 13.3. The molecule has 5 nitrogen and oxygen atoms in total. The Labute approximate surface area is 171 Å². The molecule has 1 aliphatic rings. The Hall–Kier alpha value is -2.44. The average molecular weight is 400 g/mol. The molecule has 0 aromatic heterocycles. The molecule has 3 rings (SSSR count). The van der Waals surface area contributed by atoms with Gasteiger partial charge in [0.15, 0.2) is 0 Å². The SMILES string of the molecule is CN(CCCOc1ccccc1)C(=O)CNC1(c2ccc(F)cc2)CCOCC1. The van der Waals surface area contributed by atoms with E-state index >= 15 is 0 Å². The fraction of sp³-hybridized carbons (Fsp3) is 0.435. The van der Waals surface area contributed by atoms with Crippen molar-refractivity contribution in [1.82, 2.24) is 10.2 Å². The number of ether oxygens (including phenoxy) is 2. The minimum atomic E-state index is -0.362. The minimum Gasteiger partial charge on any atom is -0.494 e. The summed E-state index contributed by atoms with van der Waals surface area (Å²) in [5, 5.41) is 3.44. The summed E-state index contributed by atoms with van der Waals surface area (Å²) in [5.41, 5.74) is 0.632. The fourth-order valence-electron chi connectivity index (χ4n) is 3.57. The number of benzene rings is 2. The van der Waals surface area contributed by atoms with Gasteiger partial charge in [-0.05, 0) is 49.1 Å². The van der Waals surface area contributed by atoms with Crippen LogP contribution in [0.15, 0.2) is 54.6 Å². The van der Waals surface area contributed by atoms with E-state index in [1.807, 2.05) is 30.3 Å². The Morgan fingerprint density at radius 1 is 1.14 bits per heavy atom. The Balaban J connectivity index is 1.48. The first kappa shape index (κ1) is 21.3. The van der Waals surface area contributed by atoms with Gasteiger partial charge < -0.3 is 14.4 Å². The number of carbonyl (C=O) groups excluding carboxylic acids is 1. The van der Waals surface area contributed by atoms with Gasteiger partial charge in [-0.2, -0.15) is 0 Å². The Bertz CT molecular complexity index is 761. The fourth-order valence-corrected chi connectivity index (χ4v) is 3.57. The van der Waals surface area contributed by atoms with Crippen molar-refractivity contribution in [2.24, 2.45) is 0 Å². The molecule has 0 radical (unpaired) electrons. The maximum Gasteiger partial charge on any atom is 0.236 e. The van der Waals surface area contributed by atoms with Gasteiger partial charge in [0.05, 0.1) is 13.2 Å². The van der Waals surface area contributed by atoms with Crippen molar-refractivity contribution in [3.05, 3.63) is 66.0 Å². The predicted molar refractivity (Wildman–Crippen MR) is 110 cm³/mol. The normalized spacial score (nSPS) is 15.7. The van der Waals surface area contributed by atoms with Crippen molar-refractivity contribution < 1.29 is 18.7 Å². The first-order valence-electron chi connectivity index (χ1n) is 10.1. The van der Waals surface area contributed by atoms with Gasteiger partial charge in [0.1, 0.15) is 11.6 Å². The molecule has 0 saturated carbocycles. The highest BCUT2D eigenvalue weighted by atomic mass is 19.1. The zero-order valence-electron chi connectivity index (χ0n) is 16.9. The lowest BCUT2D eigenvalue weighted by atomic mass is 9.82. The highest BCUT2D eigenvalue weighted by Crippen LogP contribution is 2.32. The third-order valence-corrected chi connectivity index (χ3v) is 5.40. The van der Waals surface area contributed by atoms with Gasteiger partial charge in [0.2, 0.25) is 5.91 Å². The molecule has 1 N–H and O–H groups in total. The van der Waals surface area contributed by atoms with Crippen LogP contribution in [0.5, 0.6) is 5.75 Å². The summed E-state index contributed by atoms with van der Waals surface area (Å²) in [6.07, 6.45) is 2.26. The van der Waals surface area contributed by atoms with Crippen molar-refractivity contribution in [2.75, 3.05) is 40.0 Å². The van der Waals surface area contributed by atoms with Gasteiger partial charge in [-0.25, -0.2) is 4.39 Å². The number of para-hydroxylation sites is 1. The van der Waals surface area contributed by atoms with E-state index in [9.17, 15) is 9.18 Å². The summed E-state index contributed by atoms with van der Waals surface area (Å²) in [6.45, 7) is 2.65. The molecule has 0 bridgehead atoms. The van der Waals surface area contributed by atoms with Crippen LogP contribution >= 0.6 is 0 Å². The number of likely N-dealkylation sites (N-methyl/N-ethyl adjacent to an activating group) is 1. The standard InChI is InChI=1S/C23H29FN2O3/c1-26(14-5-15-29-21-6-3-2-4-7-21)22(27)18-25-23(12-16-28-17-13-23)19-8-10-20(24)11-9-19/h2-4,6-11,25H,5,12-18H2,1H3. The molecule has 156 valence electrons. The summed E-state index contributed by atoms with van der Waals surface area (Å²) in [5.74, 6) is 0.603. The molecule has 0 aliphatic carbocycles. The molecule has 1 saturated heterocycles. The van der Waals surface area contributed by atoms with Crippen molar-refractivity contribution >= 4 is 5.91 Å². The lowest BCUT2D eigenvalue weighted by Crippen LogP contribution is -2.50. The topological polar surface area (TPSA) is 50.8 Å². The number of amides is 1. The smallest absolute Gasteiger partial charge is 0.236 e. The van der Waals surface area contributed by atoms with Crippen LogP contribution < -0.4 is 10.1 Å². The molecule has 0 atom stereocenters. The van der Waals surface area contributed by atoms with Crippen LogP contribution in [0.25, 0.3) is 0 Å². The van der Waals surface area contributed by atoms with Gasteiger partial charge >= 0.3 is 0 Å². The number of hydrogen-bond acceptors (Lipinski definition) is 4. The van der Waals surface area contributed by atoms with E-state index in [0.29, 0.717) is 26.4 Å². The predicted octanol–water partition coefficient (Wildman–Crippen LogP) is 3.35. The van der Waals surface area contributed by atoms with Crippen LogP contribution in [0.3, 0.4) is 0 Å². The zero-order chi connectivity index (χ0) is 20.5. The monoisotopic (exact) mass is 400 g/mol. The molecule has 6 heteroatoms. The van der Waals surface area contributed by atoms with E-state index in [0.717, 1.165) is 30.6 Å². The van der Waals surface area contributed by atoms with Crippen LogP contribution in [-0.2, 0) is 15.1 Å². The Morgan fingerprint density at radius 3 is 2.52 bits per heavy atom. The molecule has 1 aliphatic heterocycles. The summed E-state index contributed by atoms with van der Waals surface area (Å²) >= 11 is 0. The van der Waals surface area contributed by atoms with Crippen LogP contribution in [0.2, 0.25) is 0 Å². The second-order valence-electron chi connectivity index (χ2n) is 7.39. The molecule has 0 unspecified atom stereocenters. The van der Waals surface area contributed by atoms with Crippen molar-refractivity contribution in [3.63, 3.8) is 0 Å². The van der Waals surface area contributed by atoms with Gasteiger partial charge in [-0.1, -0.05) is 30.3 Å². The van der Waals surface area contributed by atoms with E-state index in [1.165, 1.54) is 12.1 Å². The lowest BCUT2D eigenvalue weighted by molar-refractivity contribution is -0.129. The third-order valence-electron chi connectivity index (χ3n) is 5.40. The Kier molecular flexibility index (Phi) is 7.61. The van der Waals surface area contributed by atoms with E-state index in [1.54, 1.807) is 24.1 Å². The molecule has 1 fully saturated rings. The second-order valence-corrected chi connectivity index (χ2v) is 7.39. The van der Waals surface area contributed by atoms with Gasteiger partial charge in [-0.15, -0.1) is 0 Å². The summed E-state index contributed by atoms with van der Waals surface area (Å²) < 4.78 is 24.5. The van der Waals surface area contributed by atoms with Crippen LogP contribution in [0.1, 0.15) is 24.8 Å². The van der Waals surface area contributed by atoms with Gasteiger partial charge in [0, 0.05) is 32.3 Å². The lowest BCUT2D eigenvalue weighted by Gasteiger charge is -2.39. The van der Waals surface area contributed by atoms with E-state index in [-0.39, 0.29) is 23.8 Å². The van der Waals surface area contributed by atoms with Crippen LogP contribution in [0, 0.1) is 5.82 Å². The third kappa shape index (κ3) is 6.02. The molecule has 1 heterocycles. The minimum absolute atomic E-state index is 0.0256. The first-order valence-corrected chi connectivity index (χ1v) is 10.1. The number of halogens is 1. The van der Waals surface area contributed by atoms with E-state index < -0.39 is 0 Å². The second kappa shape index (κ2) is 10.4. The number of carbonyl (C=O) groups is 1. The van der Waals surface area contributed by atoms with Crippen molar-refractivity contribution in [3.8, 4) is 5.75 Å². The van der Waals surface area contributed by atoms with E-state index in [2.05, 4.69) is 5.32 Å². The molecule has 1 amide bonds. The van der Waals surface area contributed by atoms with Crippen molar-refractivity contribution in [2.45, 2.75) is 24.8 Å². The summed E-state index contributed by atoms with van der Waals surface area (Å²) in [4.78, 5) is 14.3. The molecule has 2 aromatic rings. The van der Waals surface area contributed by atoms with Crippen molar-refractivity contribution in [1.29, 1.82) is 0 Å². The molecular formula is C23H29FN2O3. The number of nitrogens with one attached hydrogen (secondary N) is 1. The maximum atomic E-state index is 13.3. The quantitative estimate of drug-likeness (QED) is 0.656. The summed E-state index contributed by atoms with van der Waals surface area (Å²) in [7, 11) is 1.81. The van der Waals surface area contributed by atoms with Gasteiger partial charge in [0.25, 0.3) is 0 Å². The molecule has 0 spiro atoms. The molecule has 29 heavy (non-hydrogen) atoms. The summed E-state index contributed by atoms with van der Waals surface area (Å²) in [6, 6.07) is 16.2. The number of rotatable bonds is 9. The zero-order valence-corrected chi connectivity index (χ0v) is 16.9.